The van der Waals surface area contributed by atoms with Crippen molar-refractivity contribution in [1.82, 2.24) is 10.4 Å². The van der Waals surface area contributed by atoms with Crippen LogP contribution in [0.15, 0.2) is 91.0 Å². The van der Waals surface area contributed by atoms with E-state index in [0.29, 0.717) is 28.2 Å². The normalized spacial score (nSPS) is 14.5. The van der Waals surface area contributed by atoms with E-state index < -0.39 is 5.54 Å². The van der Waals surface area contributed by atoms with Crippen LogP contribution >= 0.6 is 12.2 Å². The van der Waals surface area contributed by atoms with Gasteiger partial charge in [-0.2, -0.15) is 0 Å². The van der Waals surface area contributed by atoms with Crippen molar-refractivity contribution in [2.45, 2.75) is 5.54 Å². The minimum Gasteiger partial charge on any atom is -0.508 e. The summed E-state index contributed by atoms with van der Waals surface area (Å²) < 4.78 is 6.09. The largest absolute Gasteiger partial charge is 0.508 e. The lowest BCUT2D eigenvalue weighted by atomic mass is 9.75. The highest BCUT2D eigenvalue weighted by Crippen LogP contribution is 2.57. The maximum absolute atomic E-state index is 13.8. The fourth-order valence-electron chi connectivity index (χ4n) is 4.88. The predicted octanol–water partition coefficient (Wildman–Crippen LogP) is 4.85. The lowest BCUT2D eigenvalue weighted by molar-refractivity contribution is 0.0595. The number of hydrogen-bond donors (Lipinski definition) is 4. The molecule has 2 aliphatic rings. The first kappa shape index (κ1) is 21.0. The molecule has 4 aromatic carbocycles. The molecule has 4 N–H and O–H groups in total. The van der Waals surface area contributed by atoms with Crippen molar-refractivity contribution in [3.05, 3.63) is 113 Å². The number of fused-ring (bicyclic) bond motifs is 6. The Morgan fingerprint density at radius 1 is 0.800 bits per heavy atom. The number of anilines is 1. The molecule has 35 heavy (non-hydrogen) atoms. The topological polar surface area (TPSA) is 94.1 Å². The number of ether oxygens (including phenoxy) is 1. The third kappa shape index (κ3) is 3.11. The van der Waals surface area contributed by atoms with Crippen molar-refractivity contribution >= 4 is 28.9 Å². The smallest absolute Gasteiger partial charge is 0.274 e. The van der Waals surface area contributed by atoms with E-state index in [0.717, 1.165) is 11.3 Å². The molecule has 0 bridgehead atoms. The van der Waals surface area contributed by atoms with Crippen LogP contribution in [-0.2, 0) is 5.54 Å². The van der Waals surface area contributed by atoms with E-state index in [1.165, 1.54) is 17.1 Å². The Kier molecular flexibility index (Phi) is 4.65. The molecule has 0 aromatic heterocycles. The van der Waals surface area contributed by atoms with Crippen LogP contribution < -0.4 is 15.5 Å². The standard InChI is InChI=1S/C27H19N3O4S/c31-17-10-12-21-23(14-17)34-24-15-18(32)11-13-22(24)27(21)20-9-5-4-8-19(20)25(33)30(27)29-26(35)28-16-6-2-1-3-7-16/h1-15,31-32H,(H2,28,29,35). The Morgan fingerprint density at radius 2 is 1.40 bits per heavy atom. The third-order valence-corrected chi connectivity index (χ3v) is 6.45. The molecule has 0 atom stereocenters. The average molecular weight is 482 g/mol. The van der Waals surface area contributed by atoms with Crippen LogP contribution in [0.25, 0.3) is 0 Å². The summed E-state index contributed by atoms with van der Waals surface area (Å²) in [6, 6.07) is 26.3. The lowest BCUT2D eigenvalue weighted by Crippen LogP contribution is -2.56. The number of nitrogens with one attached hydrogen (secondary N) is 2. The highest BCUT2D eigenvalue weighted by molar-refractivity contribution is 7.80. The summed E-state index contributed by atoms with van der Waals surface area (Å²) in [4.78, 5) is 13.8. The van der Waals surface area contributed by atoms with Crippen molar-refractivity contribution in [1.29, 1.82) is 0 Å². The molecule has 0 unspecified atom stereocenters. The lowest BCUT2D eigenvalue weighted by Gasteiger charge is -2.44. The van der Waals surface area contributed by atoms with Gasteiger partial charge in [-0.3, -0.25) is 10.2 Å². The molecule has 2 heterocycles. The zero-order valence-corrected chi connectivity index (χ0v) is 19.0. The van der Waals surface area contributed by atoms with Crippen LogP contribution in [-0.4, -0.2) is 26.2 Å². The van der Waals surface area contributed by atoms with Crippen LogP contribution in [0.3, 0.4) is 0 Å². The molecule has 0 saturated carbocycles. The van der Waals surface area contributed by atoms with Gasteiger partial charge in [-0.05, 0) is 54.7 Å². The number of carbonyl (C=O) groups is 1. The Hall–Kier alpha value is -4.56. The monoisotopic (exact) mass is 481 g/mol. The van der Waals surface area contributed by atoms with Crippen molar-refractivity contribution in [2.75, 3.05) is 5.32 Å². The number of thiocarbonyl (C=S) groups is 1. The number of phenols is 2. The molecular formula is C27H19N3O4S. The fraction of sp³-hybridized carbons (Fsp3) is 0.0370. The van der Waals surface area contributed by atoms with Gasteiger partial charge < -0.3 is 20.3 Å². The molecule has 0 fully saturated rings. The van der Waals surface area contributed by atoms with Crippen LogP contribution in [0.5, 0.6) is 23.0 Å². The van der Waals surface area contributed by atoms with Crippen LogP contribution in [0, 0.1) is 0 Å². The third-order valence-electron chi connectivity index (χ3n) is 6.26. The van der Waals surface area contributed by atoms with Gasteiger partial charge in [0.1, 0.15) is 28.5 Å². The van der Waals surface area contributed by atoms with E-state index in [-0.39, 0.29) is 22.5 Å². The van der Waals surface area contributed by atoms with Gasteiger partial charge in [0.2, 0.25) is 0 Å². The Morgan fingerprint density at radius 3 is 2.06 bits per heavy atom. The summed E-state index contributed by atoms with van der Waals surface area (Å²) in [6.45, 7) is 0. The van der Waals surface area contributed by atoms with Gasteiger partial charge in [-0.15, -0.1) is 0 Å². The molecule has 7 nitrogen and oxygen atoms in total. The highest BCUT2D eigenvalue weighted by atomic mass is 32.1. The SMILES string of the molecule is O=C1c2ccccc2C2(c3ccc(O)cc3Oc3cc(O)ccc32)N1NC(=S)Nc1ccccc1. The molecule has 0 aliphatic carbocycles. The number of hydrogen-bond acceptors (Lipinski definition) is 5. The molecule has 8 heteroatoms. The molecule has 2 aliphatic heterocycles. The zero-order chi connectivity index (χ0) is 24.2. The molecular weight excluding hydrogens is 462 g/mol. The van der Waals surface area contributed by atoms with Crippen LogP contribution in [0.2, 0.25) is 0 Å². The maximum atomic E-state index is 13.8. The van der Waals surface area contributed by atoms with E-state index in [4.69, 9.17) is 17.0 Å². The van der Waals surface area contributed by atoms with Crippen molar-refractivity contribution in [3.8, 4) is 23.0 Å². The summed E-state index contributed by atoms with van der Waals surface area (Å²) in [7, 11) is 0. The number of benzene rings is 4. The molecule has 0 saturated heterocycles. The molecule has 6 rings (SSSR count). The molecule has 1 amide bonds. The number of para-hydroxylation sites is 1. The number of amides is 1. The molecule has 0 radical (unpaired) electrons. The van der Waals surface area contributed by atoms with E-state index in [2.05, 4.69) is 10.7 Å². The van der Waals surface area contributed by atoms with Gasteiger partial charge in [0.25, 0.3) is 5.91 Å². The number of rotatable bonds is 2. The summed E-state index contributed by atoms with van der Waals surface area (Å²) in [5.74, 6) is 0.474. The quantitative estimate of drug-likeness (QED) is 0.304. The number of aromatic hydroxyl groups is 2. The molecule has 1 spiro atoms. The van der Waals surface area contributed by atoms with E-state index >= 15 is 0 Å². The Bertz CT molecular complexity index is 1450. The van der Waals surface area contributed by atoms with Crippen molar-refractivity contribution in [2.24, 2.45) is 0 Å². The average Bonchev–Trinajstić information content (AvgIpc) is 3.08. The summed E-state index contributed by atoms with van der Waals surface area (Å²) in [6.07, 6.45) is 0. The fourth-order valence-corrected chi connectivity index (χ4v) is 5.09. The minimum absolute atomic E-state index is 0.0147. The first-order valence-corrected chi connectivity index (χ1v) is 11.3. The summed E-state index contributed by atoms with van der Waals surface area (Å²) >= 11 is 5.60. The van der Waals surface area contributed by atoms with E-state index in [1.807, 2.05) is 48.5 Å². The van der Waals surface area contributed by atoms with E-state index in [1.54, 1.807) is 30.3 Å². The van der Waals surface area contributed by atoms with Gasteiger partial charge in [0, 0.05) is 40.1 Å². The second-order valence-electron chi connectivity index (χ2n) is 8.29. The summed E-state index contributed by atoms with van der Waals surface area (Å²) in [5, 5.41) is 25.2. The number of phenolic OH excluding ortho intramolecular Hbond substituents is 2. The first-order chi connectivity index (χ1) is 17.0. The number of hydrazine groups is 1. The second kappa shape index (κ2) is 7.75. The van der Waals surface area contributed by atoms with Crippen molar-refractivity contribution < 1.29 is 19.7 Å². The highest BCUT2D eigenvalue weighted by Gasteiger charge is 2.57. The van der Waals surface area contributed by atoms with Gasteiger partial charge in [-0.25, -0.2) is 5.01 Å². The summed E-state index contributed by atoms with van der Waals surface area (Å²) in [5.41, 5.74) is 5.22. The number of nitrogens with zero attached hydrogens (tertiary/aromatic N) is 1. The van der Waals surface area contributed by atoms with Gasteiger partial charge in [0.15, 0.2) is 5.11 Å². The molecule has 4 aromatic rings. The van der Waals surface area contributed by atoms with Gasteiger partial charge in [-0.1, -0.05) is 36.4 Å². The van der Waals surface area contributed by atoms with Crippen molar-refractivity contribution in [3.63, 3.8) is 0 Å². The van der Waals surface area contributed by atoms with Crippen LogP contribution in [0.1, 0.15) is 27.0 Å². The minimum atomic E-state index is -1.18. The molecule has 172 valence electrons. The number of carbonyl (C=O) groups excluding carboxylic acids is 1. The Balaban J connectivity index is 1.58. The maximum Gasteiger partial charge on any atom is 0.274 e. The van der Waals surface area contributed by atoms with Crippen LogP contribution in [0.4, 0.5) is 5.69 Å². The second-order valence-corrected chi connectivity index (χ2v) is 8.70. The zero-order valence-electron chi connectivity index (χ0n) is 18.2. The van der Waals surface area contributed by atoms with Gasteiger partial charge >= 0.3 is 0 Å². The van der Waals surface area contributed by atoms with Gasteiger partial charge in [0.05, 0.1) is 0 Å². The Labute approximate surface area is 206 Å². The predicted molar refractivity (Wildman–Crippen MR) is 135 cm³/mol. The first-order valence-electron chi connectivity index (χ1n) is 10.9. The van der Waals surface area contributed by atoms with E-state index in [9.17, 15) is 15.0 Å².